The Hall–Kier alpha value is -2.40. The van der Waals surface area contributed by atoms with Crippen LogP contribution in [0.2, 0.25) is 0 Å². The molecular formula is C20H25ClN2O3. The van der Waals surface area contributed by atoms with Gasteiger partial charge < -0.3 is 20.5 Å². The normalized spacial score (nSPS) is 13.7. The number of amides is 1. The molecule has 0 radical (unpaired) electrons. The SMILES string of the molecule is COc1cccc(CNC(=O)c2ccccc2N)c1OC1CCCC1.Cl. The minimum atomic E-state index is -0.201. The molecule has 0 aliphatic heterocycles. The Bertz CT molecular complexity index is 746. The van der Waals surface area contributed by atoms with Crippen molar-refractivity contribution in [3.05, 3.63) is 53.6 Å². The number of hydrogen-bond acceptors (Lipinski definition) is 4. The number of carbonyl (C=O) groups excluding carboxylic acids is 1. The average molecular weight is 377 g/mol. The Morgan fingerprint density at radius 3 is 2.58 bits per heavy atom. The van der Waals surface area contributed by atoms with Gasteiger partial charge in [-0.3, -0.25) is 4.79 Å². The Kier molecular flexibility index (Phi) is 7.16. The van der Waals surface area contributed by atoms with Crippen molar-refractivity contribution in [3.8, 4) is 11.5 Å². The Morgan fingerprint density at radius 2 is 1.88 bits per heavy atom. The number of halogens is 1. The summed E-state index contributed by atoms with van der Waals surface area (Å²) in [4.78, 5) is 12.4. The fraction of sp³-hybridized carbons (Fsp3) is 0.350. The number of nitrogen functional groups attached to an aromatic ring is 1. The number of methoxy groups -OCH3 is 1. The van der Waals surface area contributed by atoms with Gasteiger partial charge in [-0.1, -0.05) is 24.3 Å². The molecule has 140 valence electrons. The van der Waals surface area contributed by atoms with Crippen molar-refractivity contribution in [1.82, 2.24) is 5.32 Å². The van der Waals surface area contributed by atoms with Crippen LogP contribution in [-0.4, -0.2) is 19.1 Å². The number of para-hydroxylation sites is 2. The number of rotatable bonds is 6. The van der Waals surface area contributed by atoms with Gasteiger partial charge in [0.2, 0.25) is 0 Å². The standard InChI is InChI=1S/C20H24N2O3.ClH/c1-24-18-12-6-7-14(19(18)25-15-8-2-3-9-15)13-22-20(23)16-10-4-5-11-17(16)21;/h4-7,10-12,15H,2-3,8-9,13,21H2,1H3,(H,22,23);1H. The summed E-state index contributed by atoms with van der Waals surface area (Å²) in [6.07, 6.45) is 4.73. The number of benzene rings is 2. The minimum absolute atomic E-state index is 0. The molecule has 0 atom stereocenters. The van der Waals surface area contributed by atoms with Crippen molar-refractivity contribution >= 4 is 24.0 Å². The van der Waals surface area contributed by atoms with Gasteiger partial charge in [0.15, 0.2) is 11.5 Å². The maximum absolute atomic E-state index is 12.4. The maximum Gasteiger partial charge on any atom is 0.253 e. The van der Waals surface area contributed by atoms with Gasteiger partial charge in [0.25, 0.3) is 5.91 Å². The second kappa shape index (κ2) is 9.34. The molecule has 0 bridgehead atoms. The topological polar surface area (TPSA) is 73.6 Å². The lowest BCUT2D eigenvalue weighted by molar-refractivity contribution is 0.0951. The van der Waals surface area contributed by atoms with Gasteiger partial charge in [-0.2, -0.15) is 0 Å². The molecular weight excluding hydrogens is 352 g/mol. The van der Waals surface area contributed by atoms with Crippen LogP contribution in [0, 0.1) is 0 Å². The lowest BCUT2D eigenvalue weighted by Gasteiger charge is -2.19. The van der Waals surface area contributed by atoms with E-state index in [1.54, 1.807) is 25.3 Å². The first-order valence-electron chi connectivity index (χ1n) is 8.64. The van der Waals surface area contributed by atoms with E-state index in [1.165, 1.54) is 12.8 Å². The Morgan fingerprint density at radius 1 is 1.15 bits per heavy atom. The molecule has 6 heteroatoms. The van der Waals surface area contributed by atoms with Crippen LogP contribution in [0.25, 0.3) is 0 Å². The first-order valence-corrected chi connectivity index (χ1v) is 8.64. The zero-order valence-electron chi connectivity index (χ0n) is 14.9. The summed E-state index contributed by atoms with van der Waals surface area (Å²) in [7, 11) is 1.63. The van der Waals surface area contributed by atoms with Gasteiger partial charge in [0, 0.05) is 17.8 Å². The smallest absolute Gasteiger partial charge is 0.253 e. The first-order chi connectivity index (χ1) is 12.2. The van der Waals surface area contributed by atoms with Gasteiger partial charge in [-0.25, -0.2) is 0 Å². The molecule has 0 spiro atoms. The van der Waals surface area contributed by atoms with Crippen LogP contribution in [0.3, 0.4) is 0 Å². The van der Waals surface area contributed by atoms with Gasteiger partial charge in [-0.15, -0.1) is 12.4 Å². The Balaban J connectivity index is 0.00000243. The predicted molar refractivity (Wildman–Crippen MR) is 105 cm³/mol. The van der Waals surface area contributed by atoms with Crippen LogP contribution in [-0.2, 0) is 6.54 Å². The van der Waals surface area contributed by atoms with Crippen LogP contribution < -0.4 is 20.5 Å². The highest BCUT2D eigenvalue weighted by Crippen LogP contribution is 2.34. The summed E-state index contributed by atoms with van der Waals surface area (Å²) in [5, 5.41) is 2.92. The van der Waals surface area contributed by atoms with Crippen LogP contribution in [0.4, 0.5) is 5.69 Å². The lowest BCUT2D eigenvalue weighted by Crippen LogP contribution is -2.24. The molecule has 0 unspecified atom stereocenters. The zero-order chi connectivity index (χ0) is 17.6. The largest absolute Gasteiger partial charge is 0.493 e. The second-order valence-corrected chi connectivity index (χ2v) is 6.24. The highest BCUT2D eigenvalue weighted by molar-refractivity contribution is 5.99. The third kappa shape index (κ3) is 4.61. The molecule has 0 saturated heterocycles. The van der Waals surface area contributed by atoms with Gasteiger partial charge in [0.05, 0.1) is 18.8 Å². The summed E-state index contributed by atoms with van der Waals surface area (Å²) >= 11 is 0. The highest BCUT2D eigenvalue weighted by Gasteiger charge is 2.21. The average Bonchev–Trinajstić information content (AvgIpc) is 3.14. The molecule has 2 aromatic rings. The third-order valence-electron chi connectivity index (χ3n) is 4.51. The van der Waals surface area contributed by atoms with E-state index >= 15 is 0 Å². The van der Waals surface area contributed by atoms with E-state index in [-0.39, 0.29) is 24.4 Å². The van der Waals surface area contributed by atoms with Gasteiger partial charge in [-0.05, 0) is 43.9 Å². The fourth-order valence-electron chi connectivity index (χ4n) is 3.14. The molecule has 1 aliphatic rings. The summed E-state index contributed by atoms with van der Waals surface area (Å²) < 4.78 is 11.6. The van der Waals surface area contributed by atoms with Crippen LogP contribution in [0.15, 0.2) is 42.5 Å². The van der Waals surface area contributed by atoms with Crippen molar-refractivity contribution in [2.24, 2.45) is 0 Å². The van der Waals surface area contributed by atoms with E-state index in [9.17, 15) is 4.79 Å². The number of carbonyl (C=O) groups is 1. The number of ether oxygens (including phenoxy) is 2. The van der Waals surface area contributed by atoms with Crippen molar-refractivity contribution in [3.63, 3.8) is 0 Å². The summed E-state index contributed by atoms with van der Waals surface area (Å²) in [6.45, 7) is 0.354. The maximum atomic E-state index is 12.4. The van der Waals surface area contributed by atoms with Crippen molar-refractivity contribution in [2.45, 2.75) is 38.3 Å². The minimum Gasteiger partial charge on any atom is -0.493 e. The molecule has 1 amide bonds. The predicted octanol–water partition coefficient (Wildman–Crippen LogP) is 3.95. The molecule has 5 nitrogen and oxygen atoms in total. The van der Waals surface area contributed by atoms with Gasteiger partial charge >= 0.3 is 0 Å². The molecule has 1 fully saturated rings. The molecule has 3 rings (SSSR count). The van der Waals surface area contributed by atoms with Crippen molar-refractivity contribution in [2.75, 3.05) is 12.8 Å². The molecule has 2 aromatic carbocycles. The molecule has 1 saturated carbocycles. The van der Waals surface area contributed by atoms with E-state index in [0.717, 1.165) is 24.2 Å². The van der Waals surface area contributed by atoms with Crippen LogP contribution in [0.1, 0.15) is 41.6 Å². The number of nitrogens with two attached hydrogens (primary N) is 1. The molecule has 26 heavy (non-hydrogen) atoms. The molecule has 1 aliphatic carbocycles. The van der Waals surface area contributed by atoms with Crippen LogP contribution in [0.5, 0.6) is 11.5 Å². The molecule has 0 heterocycles. The third-order valence-corrected chi connectivity index (χ3v) is 4.51. The lowest BCUT2D eigenvalue weighted by atomic mass is 10.1. The Labute approximate surface area is 160 Å². The quantitative estimate of drug-likeness (QED) is 0.748. The van der Waals surface area contributed by atoms with E-state index in [0.29, 0.717) is 23.5 Å². The van der Waals surface area contributed by atoms with Crippen molar-refractivity contribution < 1.29 is 14.3 Å². The zero-order valence-corrected chi connectivity index (χ0v) is 15.7. The summed E-state index contributed by atoms with van der Waals surface area (Å²) in [5.74, 6) is 1.21. The highest BCUT2D eigenvalue weighted by atomic mass is 35.5. The summed E-state index contributed by atoms with van der Waals surface area (Å²) in [5.41, 5.74) is 7.71. The van der Waals surface area contributed by atoms with E-state index in [1.807, 2.05) is 24.3 Å². The summed E-state index contributed by atoms with van der Waals surface area (Å²) in [6, 6.07) is 12.8. The second-order valence-electron chi connectivity index (χ2n) is 6.24. The number of anilines is 1. The number of nitrogens with one attached hydrogen (secondary N) is 1. The molecule has 0 aromatic heterocycles. The molecule has 3 N–H and O–H groups in total. The van der Waals surface area contributed by atoms with Crippen molar-refractivity contribution in [1.29, 1.82) is 0 Å². The van der Waals surface area contributed by atoms with E-state index in [2.05, 4.69) is 5.32 Å². The fourth-order valence-corrected chi connectivity index (χ4v) is 3.14. The number of hydrogen-bond donors (Lipinski definition) is 2. The van der Waals surface area contributed by atoms with Crippen LogP contribution >= 0.6 is 12.4 Å². The first kappa shape index (κ1) is 19.9. The van der Waals surface area contributed by atoms with E-state index in [4.69, 9.17) is 15.2 Å². The monoisotopic (exact) mass is 376 g/mol. The van der Waals surface area contributed by atoms with Gasteiger partial charge in [0.1, 0.15) is 0 Å². The van der Waals surface area contributed by atoms with E-state index < -0.39 is 0 Å².